The molecule has 0 atom stereocenters. The van der Waals surface area contributed by atoms with Gasteiger partial charge in [-0.2, -0.15) is 0 Å². The Bertz CT molecular complexity index is 823. The minimum absolute atomic E-state index is 0.158. The quantitative estimate of drug-likeness (QED) is 0.728. The van der Waals surface area contributed by atoms with Gasteiger partial charge in [-0.15, -0.1) is 0 Å². The fourth-order valence-corrected chi connectivity index (χ4v) is 3.11. The molecule has 1 fully saturated rings. The van der Waals surface area contributed by atoms with Gasteiger partial charge in [0.05, 0.1) is 23.1 Å². The van der Waals surface area contributed by atoms with Crippen LogP contribution in [0.3, 0.4) is 0 Å². The Morgan fingerprint density at radius 1 is 0.826 bits per heavy atom. The summed E-state index contributed by atoms with van der Waals surface area (Å²) >= 11 is 0. The second kappa shape index (κ2) is 5.83. The molecule has 5 heteroatoms. The van der Waals surface area contributed by atoms with Gasteiger partial charge >= 0.3 is 0 Å². The van der Waals surface area contributed by atoms with Crippen LogP contribution in [0.25, 0.3) is 10.9 Å². The number of piperazine rings is 1. The average Bonchev–Trinajstić information content (AvgIpc) is 2.62. The lowest BCUT2D eigenvalue weighted by atomic mass is 10.2. The molecule has 0 amide bonds. The highest BCUT2D eigenvalue weighted by atomic mass is 19.1. The molecular weight excluding hydrogens is 291 g/mol. The van der Waals surface area contributed by atoms with Crippen LogP contribution < -0.4 is 9.80 Å². The van der Waals surface area contributed by atoms with Crippen LogP contribution in [0.15, 0.2) is 55.0 Å². The Kier molecular flexibility index (Phi) is 3.54. The number of hydrogen-bond acceptors (Lipinski definition) is 4. The Morgan fingerprint density at radius 3 is 2.35 bits per heavy atom. The van der Waals surface area contributed by atoms with E-state index in [9.17, 15) is 4.39 Å². The lowest BCUT2D eigenvalue weighted by Crippen LogP contribution is -2.47. The summed E-state index contributed by atoms with van der Waals surface area (Å²) in [6.07, 6.45) is 5.51. The van der Waals surface area contributed by atoms with Gasteiger partial charge in [0.2, 0.25) is 0 Å². The number of pyridine rings is 2. The zero-order chi connectivity index (χ0) is 15.6. The van der Waals surface area contributed by atoms with Gasteiger partial charge in [-0.25, -0.2) is 4.39 Å². The van der Waals surface area contributed by atoms with Gasteiger partial charge < -0.3 is 9.80 Å². The topological polar surface area (TPSA) is 32.3 Å². The van der Waals surface area contributed by atoms with Gasteiger partial charge in [0.25, 0.3) is 0 Å². The van der Waals surface area contributed by atoms with Crippen molar-refractivity contribution in [1.82, 2.24) is 9.97 Å². The third-order valence-corrected chi connectivity index (χ3v) is 4.31. The summed E-state index contributed by atoms with van der Waals surface area (Å²) in [5.41, 5.74) is 2.71. The molecular formula is C18H17FN4. The predicted octanol–water partition coefficient (Wildman–Crippen LogP) is 3.10. The second-order valence-corrected chi connectivity index (χ2v) is 5.66. The molecule has 23 heavy (non-hydrogen) atoms. The molecule has 3 aromatic rings. The lowest BCUT2D eigenvalue weighted by Gasteiger charge is -2.37. The fourth-order valence-electron chi connectivity index (χ4n) is 3.11. The number of aromatic nitrogens is 2. The summed E-state index contributed by atoms with van der Waals surface area (Å²) < 4.78 is 13.9. The Hall–Kier alpha value is -2.69. The maximum Gasteiger partial charge on any atom is 0.146 e. The molecule has 0 saturated carbocycles. The summed E-state index contributed by atoms with van der Waals surface area (Å²) in [5.74, 6) is -0.158. The monoisotopic (exact) mass is 308 g/mol. The number of anilines is 2. The van der Waals surface area contributed by atoms with Crippen molar-refractivity contribution in [3.8, 4) is 0 Å². The van der Waals surface area contributed by atoms with Gasteiger partial charge in [0.15, 0.2) is 0 Å². The zero-order valence-corrected chi connectivity index (χ0v) is 12.7. The average molecular weight is 308 g/mol. The fraction of sp³-hybridized carbons (Fsp3) is 0.222. The van der Waals surface area contributed by atoms with E-state index in [1.54, 1.807) is 12.3 Å². The van der Waals surface area contributed by atoms with Crippen LogP contribution in [0.5, 0.6) is 0 Å². The van der Waals surface area contributed by atoms with Gasteiger partial charge in [0.1, 0.15) is 5.82 Å². The third kappa shape index (κ3) is 2.59. The van der Waals surface area contributed by atoms with E-state index in [1.807, 2.05) is 36.7 Å². The van der Waals surface area contributed by atoms with Gasteiger partial charge in [-0.3, -0.25) is 9.97 Å². The Labute approximate surface area is 134 Å². The lowest BCUT2D eigenvalue weighted by molar-refractivity contribution is 0.598. The maximum atomic E-state index is 13.9. The van der Waals surface area contributed by atoms with Crippen molar-refractivity contribution in [1.29, 1.82) is 0 Å². The van der Waals surface area contributed by atoms with Crippen molar-refractivity contribution < 1.29 is 4.39 Å². The van der Waals surface area contributed by atoms with Crippen molar-refractivity contribution in [2.24, 2.45) is 0 Å². The first kappa shape index (κ1) is 13.9. The van der Waals surface area contributed by atoms with Gasteiger partial charge in [-0.05, 0) is 24.3 Å². The summed E-state index contributed by atoms with van der Waals surface area (Å²) in [6.45, 7) is 3.21. The molecule has 4 rings (SSSR count). The number of halogens is 1. The highest BCUT2D eigenvalue weighted by molar-refractivity contribution is 5.89. The Balaban J connectivity index is 1.57. The highest BCUT2D eigenvalue weighted by Gasteiger charge is 2.21. The first-order chi connectivity index (χ1) is 11.3. The molecule has 0 aliphatic carbocycles. The van der Waals surface area contributed by atoms with Crippen LogP contribution in [0.4, 0.5) is 15.8 Å². The molecule has 1 aromatic carbocycles. The molecule has 1 saturated heterocycles. The van der Waals surface area contributed by atoms with Crippen molar-refractivity contribution >= 4 is 22.3 Å². The van der Waals surface area contributed by atoms with E-state index in [4.69, 9.17) is 0 Å². The molecule has 0 bridgehead atoms. The minimum Gasteiger partial charge on any atom is -0.366 e. The smallest absolute Gasteiger partial charge is 0.146 e. The summed E-state index contributed by atoms with van der Waals surface area (Å²) in [6, 6.07) is 10.9. The molecule has 4 nitrogen and oxygen atoms in total. The molecule has 0 unspecified atom stereocenters. The first-order valence-electron chi connectivity index (χ1n) is 7.76. The van der Waals surface area contributed by atoms with Crippen molar-refractivity contribution in [3.63, 3.8) is 0 Å². The van der Waals surface area contributed by atoms with Crippen LogP contribution in [-0.2, 0) is 0 Å². The second-order valence-electron chi connectivity index (χ2n) is 5.66. The number of benzene rings is 1. The minimum atomic E-state index is -0.158. The van der Waals surface area contributed by atoms with Crippen LogP contribution >= 0.6 is 0 Å². The SMILES string of the molecule is Fc1ccccc1N1CCN(c2cncc3cccnc23)CC1. The van der Waals surface area contributed by atoms with E-state index in [2.05, 4.69) is 19.8 Å². The van der Waals surface area contributed by atoms with Crippen molar-refractivity contribution in [2.75, 3.05) is 36.0 Å². The molecule has 0 radical (unpaired) electrons. The standard InChI is InChI=1S/C18H17FN4/c19-15-5-1-2-6-16(15)22-8-10-23(11-9-22)17-13-20-12-14-4-3-7-21-18(14)17/h1-7,12-13H,8-11H2. The number of rotatable bonds is 2. The number of fused-ring (bicyclic) bond motifs is 1. The molecule has 1 aliphatic rings. The highest BCUT2D eigenvalue weighted by Crippen LogP contribution is 2.26. The number of nitrogens with zero attached hydrogens (tertiary/aromatic N) is 4. The molecule has 0 N–H and O–H groups in total. The van der Waals surface area contributed by atoms with E-state index in [0.717, 1.165) is 42.8 Å². The van der Waals surface area contributed by atoms with Crippen LogP contribution in [0.2, 0.25) is 0 Å². The normalized spacial score (nSPS) is 15.2. The van der Waals surface area contributed by atoms with Gasteiger partial charge in [-0.1, -0.05) is 12.1 Å². The Morgan fingerprint density at radius 2 is 1.57 bits per heavy atom. The van der Waals surface area contributed by atoms with Crippen LogP contribution in [0.1, 0.15) is 0 Å². The van der Waals surface area contributed by atoms with Crippen molar-refractivity contribution in [2.45, 2.75) is 0 Å². The molecule has 116 valence electrons. The van der Waals surface area contributed by atoms with E-state index >= 15 is 0 Å². The number of para-hydroxylation sites is 1. The summed E-state index contributed by atoms with van der Waals surface area (Å²) in [4.78, 5) is 13.2. The largest absolute Gasteiger partial charge is 0.366 e. The van der Waals surface area contributed by atoms with E-state index < -0.39 is 0 Å². The molecule has 1 aliphatic heterocycles. The van der Waals surface area contributed by atoms with Crippen molar-refractivity contribution in [3.05, 3.63) is 60.8 Å². The van der Waals surface area contributed by atoms with E-state index in [0.29, 0.717) is 5.69 Å². The maximum absolute atomic E-state index is 13.9. The molecule has 3 heterocycles. The van der Waals surface area contributed by atoms with Crippen LogP contribution in [-0.4, -0.2) is 36.1 Å². The summed E-state index contributed by atoms with van der Waals surface area (Å²) in [7, 11) is 0. The molecule has 0 spiro atoms. The predicted molar refractivity (Wildman–Crippen MR) is 90.4 cm³/mol. The van der Waals surface area contributed by atoms with E-state index in [1.165, 1.54) is 6.07 Å². The number of hydrogen-bond donors (Lipinski definition) is 0. The molecule has 2 aromatic heterocycles. The van der Waals surface area contributed by atoms with Gasteiger partial charge in [0, 0.05) is 44.0 Å². The third-order valence-electron chi connectivity index (χ3n) is 4.31. The first-order valence-corrected chi connectivity index (χ1v) is 7.76. The van der Waals surface area contributed by atoms with Crippen LogP contribution in [0, 0.1) is 5.82 Å². The van der Waals surface area contributed by atoms with E-state index in [-0.39, 0.29) is 5.82 Å². The summed E-state index contributed by atoms with van der Waals surface area (Å²) in [5, 5.41) is 1.04. The zero-order valence-electron chi connectivity index (χ0n) is 12.7.